The van der Waals surface area contributed by atoms with Crippen LogP contribution in [0.5, 0.6) is 5.88 Å². The molecule has 0 atom stereocenters. The standard InChI is InChI=1S/C19H20N4O3/c1-2-25-18-16(17(20)23(22-18)15-11-7-4-8-12-15)21-19(24)26-13-14-9-5-3-6-10-14/h3-12H,2,13,20H2,1H3,(H,21,24). The van der Waals surface area contributed by atoms with Gasteiger partial charge in [-0.1, -0.05) is 48.5 Å². The predicted molar refractivity (Wildman–Crippen MR) is 99.4 cm³/mol. The smallest absolute Gasteiger partial charge is 0.412 e. The fourth-order valence-electron chi connectivity index (χ4n) is 2.39. The summed E-state index contributed by atoms with van der Waals surface area (Å²) in [4.78, 5) is 12.2. The second-order valence-corrected chi connectivity index (χ2v) is 5.43. The molecular formula is C19H20N4O3. The van der Waals surface area contributed by atoms with Crippen LogP contribution in [-0.2, 0) is 11.3 Å². The highest BCUT2D eigenvalue weighted by molar-refractivity contribution is 5.90. The summed E-state index contributed by atoms with van der Waals surface area (Å²) in [6.07, 6.45) is -0.630. The fourth-order valence-corrected chi connectivity index (χ4v) is 2.39. The molecule has 3 N–H and O–H groups in total. The number of carbonyl (C=O) groups excluding carboxylic acids is 1. The van der Waals surface area contributed by atoms with E-state index in [1.165, 1.54) is 4.68 Å². The number of nitrogen functional groups attached to an aromatic ring is 1. The summed E-state index contributed by atoms with van der Waals surface area (Å²) >= 11 is 0. The van der Waals surface area contributed by atoms with E-state index in [1.807, 2.05) is 67.6 Å². The van der Waals surface area contributed by atoms with Crippen molar-refractivity contribution >= 4 is 17.6 Å². The van der Waals surface area contributed by atoms with Crippen LogP contribution in [0.3, 0.4) is 0 Å². The molecule has 26 heavy (non-hydrogen) atoms. The van der Waals surface area contributed by atoms with Crippen LogP contribution in [0.15, 0.2) is 60.7 Å². The monoisotopic (exact) mass is 352 g/mol. The molecule has 0 saturated carbocycles. The topological polar surface area (TPSA) is 91.4 Å². The molecule has 7 nitrogen and oxygen atoms in total. The Morgan fingerprint density at radius 2 is 1.77 bits per heavy atom. The van der Waals surface area contributed by atoms with Gasteiger partial charge in [-0.15, -0.1) is 5.10 Å². The number of nitrogens with one attached hydrogen (secondary N) is 1. The molecule has 0 unspecified atom stereocenters. The van der Waals surface area contributed by atoms with Gasteiger partial charge in [-0.05, 0) is 24.6 Å². The Labute approximate surface area is 151 Å². The molecule has 0 fully saturated rings. The van der Waals surface area contributed by atoms with Gasteiger partial charge in [0.15, 0.2) is 11.5 Å². The molecule has 0 spiro atoms. The summed E-state index contributed by atoms with van der Waals surface area (Å²) in [5, 5.41) is 6.97. The molecule has 3 aromatic rings. The van der Waals surface area contributed by atoms with Crippen LogP contribution in [0.4, 0.5) is 16.3 Å². The average Bonchev–Trinajstić information content (AvgIpc) is 2.98. The molecule has 3 rings (SSSR count). The van der Waals surface area contributed by atoms with Gasteiger partial charge in [-0.3, -0.25) is 5.32 Å². The molecule has 1 amide bonds. The van der Waals surface area contributed by atoms with Crippen molar-refractivity contribution in [1.82, 2.24) is 9.78 Å². The number of hydrogen-bond acceptors (Lipinski definition) is 5. The van der Waals surface area contributed by atoms with Crippen LogP contribution in [-0.4, -0.2) is 22.5 Å². The van der Waals surface area contributed by atoms with Crippen LogP contribution in [0.25, 0.3) is 5.69 Å². The lowest BCUT2D eigenvalue weighted by atomic mass is 10.2. The maximum atomic E-state index is 12.2. The van der Waals surface area contributed by atoms with Crippen LogP contribution in [0, 0.1) is 0 Å². The van der Waals surface area contributed by atoms with Crippen molar-refractivity contribution in [2.24, 2.45) is 0 Å². The van der Waals surface area contributed by atoms with Crippen LogP contribution >= 0.6 is 0 Å². The molecule has 0 bridgehead atoms. The van der Waals surface area contributed by atoms with Gasteiger partial charge in [0, 0.05) is 0 Å². The number of nitrogens with zero attached hydrogens (tertiary/aromatic N) is 2. The van der Waals surface area contributed by atoms with Crippen LogP contribution < -0.4 is 15.8 Å². The molecule has 0 aliphatic rings. The lowest BCUT2D eigenvalue weighted by Crippen LogP contribution is -2.15. The van der Waals surface area contributed by atoms with Crippen molar-refractivity contribution in [2.45, 2.75) is 13.5 Å². The average molecular weight is 352 g/mol. The zero-order chi connectivity index (χ0) is 18.4. The molecule has 1 heterocycles. The Kier molecular flexibility index (Phi) is 5.38. The van der Waals surface area contributed by atoms with E-state index in [4.69, 9.17) is 15.2 Å². The second-order valence-electron chi connectivity index (χ2n) is 5.43. The zero-order valence-corrected chi connectivity index (χ0v) is 14.4. The van der Waals surface area contributed by atoms with E-state index in [2.05, 4.69) is 10.4 Å². The zero-order valence-electron chi connectivity index (χ0n) is 14.4. The van der Waals surface area contributed by atoms with E-state index in [1.54, 1.807) is 0 Å². The molecule has 0 aliphatic heterocycles. The first-order valence-electron chi connectivity index (χ1n) is 8.23. The predicted octanol–water partition coefficient (Wildman–Crippen LogP) is 3.60. The number of rotatable bonds is 6. The Hall–Kier alpha value is -3.48. The van der Waals surface area contributed by atoms with Crippen molar-refractivity contribution in [3.8, 4) is 11.6 Å². The summed E-state index contributed by atoms with van der Waals surface area (Å²) in [6, 6.07) is 18.8. The van der Waals surface area contributed by atoms with Gasteiger partial charge >= 0.3 is 6.09 Å². The third kappa shape index (κ3) is 3.94. The maximum Gasteiger partial charge on any atom is 0.412 e. The Balaban J connectivity index is 1.77. The van der Waals surface area contributed by atoms with Crippen LogP contribution in [0.1, 0.15) is 12.5 Å². The van der Waals surface area contributed by atoms with Crippen molar-refractivity contribution in [2.75, 3.05) is 17.7 Å². The molecular weight excluding hydrogens is 332 g/mol. The first-order valence-corrected chi connectivity index (χ1v) is 8.23. The van der Waals surface area contributed by atoms with Gasteiger partial charge in [-0.2, -0.15) is 0 Å². The summed E-state index contributed by atoms with van der Waals surface area (Å²) in [5.41, 5.74) is 8.11. The first kappa shape index (κ1) is 17.3. The highest BCUT2D eigenvalue weighted by atomic mass is 16.5. The van der Waals surface area contributed by atoms with Gasteiger partial charge in [0.2, 0.25) is 0 Å². The van der Waals surface area contributed by atoms with E-state index in [0.29, 0.717) is 6.61 Å². The van der Waals surface area contributed by atoms with Crippen molar-refractivity contribution in [3.05, 3.63) is 66.2 Å². The number of nitrogens with two attached hydrogens (primary N) is 1. The molecule has 0 saturated heterocycles. The van der Waals surface area contributed by atoms with Crippen molar-refractivity contribution in [3.63, 3.8) is 0 Å². The molecule has 1 aromatic heterocycles. The third-order valence-corrected chi connectivity index (χ3v) is 3.61. The molecule has 0 aliphatic carbocycles. The number of amides is 1. The molecule has 2 aromatic carbocycles. The van der Waals surface area contributed by atoms with Gasteiger partial charge in [0.1, 0.15) is 6.61 Å². The third-order valence-electron chi connectivity index (χ3n) is 3.61. The quantitative estimate of drug-likeness (QED) is 0.707. The van der Waals surface area contributed by atoms with Gasteiger partial charge in [0.05, 0.1) is 12.3 Å². The number of carbonyl (C=O) groups is 1. The van der Waals surface area contributed by atoms with Gasteiger partial charge in [-0.25, -0.2) is 9.48 Å². The van der Waals surface area contributed by atoms with Crippen molar-refractivity contribution < 1.29 is 14.3 Å². The lowest BCUT2D eigenvalue weighted by molar-refractivity contribution is 0.155. The molecule has 7 heteroatoms. The minimum atomic E-state index is -0.630. The highest BCUT2D eigenvalue weighted by Gasteiger charge is 2.20. The highest BCUT2D eigenvalue weighted by Crippen LogP contribution is 2.32. The lowest BCUT2D eigenvalue weighted by Gasteiger charge is -2.08. The van der Waals surface area contributed by atoms with Crippen molar-refractivity contribution in [1.29, 1.82) is 0 Å². The summed E-state index contributed by atoms with van der Waals surface area (Å²) < 4.78 is 12.3. The number of para-hydroxylation sites is 1. The number of ether oxygens (including phenoxy) is 2. The van der Waals surface area contributed by atoms with Gasteiger partial charge in [0.25, 0.3) is 5.88 Å². The Bertz CT molecular complexity index is 863. The minimum Gasteiger partial charge on any atom is -0.475 e. The number of benzene rings is 2. The number of aromatic nitrogens is 2. The van der Waals surface area contributed by atoms with Gasteiger partial charge < -0.3 is 15.2 Å². The Morgan fingerprint density at radius 3 is 2.42 bits per heavy atom. The molecule has 134 valence electrons. The van der Waals surface area contributed by atoms with E-state index in [0.717, 1.165) is 11.3 Å². The van der Waals surface area contributed by atoms with E-state index < -0.39 is 6.09 Å². The number of anilines is 2. The maximum absolute atomic E-state index is 12.2. The Morgan fingerprint density at radius 1 is 1.12 bits per heavy atom. The SMILES string of the molecule is CCOc1nn(-c2ccccc2)c(N)c1NC(=O)OCc1ccccc1. The normalized spacial score (nSPS) is 10.3. The van der Waals surface area contributed by atoms with E-state index in [-0.39, 0.29) is 24.0 Å². The number of hydrogen-bond donors (Lipinski definition) is 2. The summed E-state index contributed by atoms with van der Waals surface area (Å²) in [5.74, 6) is 0.502. The largest absolute Gasteiger partial charge is 0.475 e. The van der Waals surface area contributed by atoms with Crippen LogP contribution in [0.2, 0.25) is 0 Å². The second kappa shape index (κ2) is 8.06. The van der Waals surface area contributed by atoms with E-state index in [9.17, 15) is 4.79 Å². The first-order chi connectivity index (χ1) is 12.7. The molecule has 0 radical (unpaired) electrons. The van der Waals surface area contributed by atoms with E-state index >= 15 is 0 Å². The summed E-state index contributed by atoms with van der Waals surface area (Å²) in [7, 11) is 0. The minimum absolute atomic E-state index is 0.156. The fraction of sp³-hybridized carbons (Fsp3) is 0.158. The summed E-state index contributed by atoms with van der Waals surface area (Å²) in [6.45, 7) is 2.37.